The second-order valence-corrected chi connectivity index (χ2v) is 12.0. The summed E-state index contributed by atoms with van der Waals surface area (Å²) in [5.41, 5.74) is 3.19. The molecule has 220 valence electrons. The number of rotatable bonds is 6. The van der Waals surface area contributed by atoms with Crippen molar-refractivity contribution in [2.45, 2.75) is 12.3 Å². The van der Waals surface area contributed by atoms with Gasteiger partial charge in [-0.3, -0.25) is 0 Å². The number of fused-ring (bicyclic) bond motifs is 1. The fourth-order valence-corrected chi connectivity index (χ4v) is 4.91. The Balaban J connectivity index is 0.000000636. The molecule has 0 amide bonds. The molecule has 2 atom stereocenters. The SMILES string of the molecule is CN(C)c1cc[nH+]cc1.CN(C)c1cc[nH+]cc1.O.O.O=P([O-])(O)Cc1cccc2c(CP(=O)([O-])O)cccc12. The van der Waals surface area contributed by atoms with E-state index < -0.39 is 27.5 Å². The van der Waals surface area contributed by atoms with Crippen LogP contribution in [0.1, 0.15) is 11.1 Å². The monoisotopic (exact) mass is 596 g/mol. The number of aromatic nitrogens is 2. The van der Waals surface area contributed by atoms with Crippen molar-refractivity contribution in [2.75, 3.05) is 38.0 Å². The molecule has 0 fully saturated rings. The number of benzene rings is 2. The summed E-state index contributed by atoms with van der Waals surface area (Å²) in [5, 5.41) is 1.06. The van der Waals surface area contributed by atoms with Crippen LogP contribution < -0.4 is 29.6 Å². The Morgan fingerprint density at radius 2 is 0.925 bits per heavy atom. The Bertz CT molecular complexity index is 1270. The van der Waals surface area contributed by atoms with E-state index in [1.807, 2.05) is 77.2 Å². The number of pyridine rings is 2. The van der Waals surface area contributed by atoms with Crippen molar-refractivity contribution in [2.24, 2.45) is 0 Å². The molecule has 0 aliphatic carbocycles. The first-order chi connectivity index (χ1) is 17.8. The number of nitrogens with one attached hydrogen (secondary N) is 2. The average molecular weight is 597 g/mol. The van der Waals surface area contributed by atoms with Gasteiger partial charge in [-0.05, 0) is 21.9 Å². The van der Waals surface area contributed by atoms with E-state index in [1.54, 1.807) is 36.4 Å². The zero-order valence-corrected chi connectivity index (χ0v) is 24.6. The van der Waals surface area contributed by atoms with E-state index in [-0.39, 0.29) is 11.0 Å². The van der Waals surface area contributed by atoms with E-state index in [0.717, 1.165) is 0 Å². The first-order valence-corrected chi connectivity index (χ1v) is 15.1. The number of aromatic amines is 2. The first-order valence-electron chi connectivity index (χ1n) is 11.6. The Morgan fingerprint density at radius 1 is 0.625 bits per heavy atom. The van der Waals surface area contributed by atoms with E-state index in [1.165, 1.54) is 11.4 Å². The predicted octanol–water partition coefficient (Wildman–Crippen LogP) is 0.415. The molecule has 2 unspecified atom stereocenters. The van der Waals surface area contributed by atoms with Crippen LogP contribution in [0.2, 0.25) is 0 Å². The van der Waals surface area contributed by atoms with Gasteiger partial charge >= 0.3 is 0 Å². The van der Waals surface area contributed by atoms with Crippen molar-refractivity contribution in [1.29, 1.82) is 0 Å². The molecular weight excluding hydrogens is 558 g/mol. The standard InChI is InChI=1S/C12H14O6P2.2C7H10N2.2H2O/c13-19(14,15)7-9-3-1-5-11-10(8-20(16,17)18)4-2-6-12(9)11;2*1-9(2)7-3-5-8-6-4-7;;/h1-6H,7-8H2,(H2,13,14,15)(H2,16,17,18);2*3-6H,1-2H3;2*1H2. The predicted molar refractivity (Wildman–Crippen MR) is 153 cm³/mol. The minimum Gasteiger partial charge on any atom is -0.778 e. The molecule has 8 N–H and O–H groups in total. The Kier molecular flexibility index (Phi) is 15.5. The molecule has 0 spiro atoms. The first kappa shape index (κ1) is 36.8. The van der Waals surface area contributed by atoms with E-state index in [0.29, 0.717) is 21.9 Å². The smallest absolute Gasteiger partial charge is 0.169 e. The molecule has 0 saturated carbocycles. The maximum atomic E-state index is 11.0. The van der Waals surface area contributed by atoms with Gasteiger partial charge in [0.25, 0.3) is 0 Å². The Hall–Kier alpha value is -3.18. The summed E-state index contributed by atoms with van der Waals surface area (Å²) in [7, 11) is -0.835. The van der Waals surface area contributed by atoms with Crippen LogP contribution in [0, 0.1) is 0 Å². The molecule has 0 saturated heterocycles. The molecule has 0 aliphatic rings. The highest BCUT2D eigenvalue weighted by molar-refractivity contribution is 7.49. The van der Waals surface area contributed by atoms with Gasteiger partial charge in [-0.1, -0.05) is 36.4 Å². The largest absolute Gasteiger partial charge is 0.778 e. The molecule has 4 aromatic rings. The van der Waals surface area contributed by atoms with Crippen LogP contribution in [0.4, 0.5) is 11.4 Å². The molecule has 14 heteroatoms. The third kappa shape index (κ3) is 13.3. The summed E-state index contributed by atoms with van der Waals surface area (Å²) < 4.78 is 22.0. The summed E-state index contributed by atoms with van der Waals surface area (Å²) in [5.74, 6) is 0. The third-order valence-electron chi connectivity index (χ3n) is 5.28. The fourth-order valence-electron chi connectivity index (χ4n) is 3.50. The van der Waals surface area contributed by atoms with Crippen molar-refractivity contribution in [3.8, 4) is 0 Å². The molecular formula is C26H38N4O8P2. The molecule has 2 heterocycles. The second-order valence-electron chi connectivity index (χ2n) is 8.83. The van der Waals surface area contributed by atoms with Crippen molar-refractivity contribution >= 4 is 37.3 Å². The van der Waals surface area contributed by atoms with Gasteiger partial charge in [-0.25, -0.2) is 9.97 Å². The highest BCUT2D eigenvalue weighted by Crippen LogP contribution is 2.40. The normalized spacial score (nSPS) is 12.9. The van der Waals surface area contributed by atoms with Gasteiger partial charge in [0.15, 0.2) is 24.8 Å². The maximum absolute atomic E-state index is 11.0. The van der Waals surface area contributed by atoms with Crippen LogP contribution in [0.15, 0.2) is 85.5 Å². The number of anilines is 2. The quantitative estimate of drug-likeness (QED) is 0.296. The molecule has 4 rings (SSSR count). The van der Waals surface area contributed by atoms with E-state index >= 15 is 0 Å². The molecule has 0 bridgehead atoms. The van der Waals surface area contributed by atoms with Crippen molar-refractivity contribution in [3.63, 3.8) is 0 Å². The zero-order chi connectivity index (χ0) is 28.3. The van der Waals surface area contributed by atoms with Gasteiger partial charge in [-0.2, -0.15) is 0 Å². The molecule has 40 heavy (non-hydrogen) atoms. The highest BCUT2D eigenvalue weighted by Gasteiger charge is 2.12. The lowest BCUT2D eigenvalue weighted by atomic mass is 10.0. The molecule has 0 radical (unpaired) electrons. The van der Waals surface area contributed by atoms with Crippen LogP contribution in [0.3, 0.4) is 0 Å². The topological polar surface area (TPSA) is 218 Å². The zero-order valence-electron chi connectivity index (χ0n) is 22.8. The lowest BCUT2D eigenvalue weighted by Gasteiger charge is -2.19. The summed E-state index contributed by atoms with van der Waals surface area (Å²) in [6.07, 6.45) is 6.60. The van der Waals surface area contributed by atoms with E-state index in [2.05, 4.69) is 19.8 Å². The van der Waals surface area contributed by atoms with Crippen LogP contribution in [0.25, 0.3) is 10.8 Å². The molecule has 12 nitrogen and oxygen atoms in total. The lowest BCUT2D eigenvalue weighted by Crippen LogP contribution is -2.10. The lowest BCUT2D eigenvalue weighted by molar-refractivity contribution is -0.378. The van der Waals surface area contributed by atoms with Crippen molar-refractivity contribution < 1.29 is 49.6 Å². The van der Waals surface area contributed by atoms with E-state index in [4.69, 9.17) is 9.79 Å². The van der Waals surface area contributed by atoms with Crippen LogP contribution in [0.5, 0.6) is 0 Å². The summed E-state index contributed by atoms with van der Waals surface area (Å²) in [6.45, 7) is 0. The second kappa shape index (κ2) is 16.8. The van der Waals surface area contributed by atoms with Crippen molar-refractivity contribution in [3.05, 3.63) is 96.6 Å². The van der Waals surface area contributed by atoms with Gasteiger partial charge in [0.05, 0.1) is 0 Å². The minimum atomic E-state index is -4.46. The maximum Gasteiger partial charge on any atom is 0.169 e. The van der Waals surface area contributed by atoms with Gasteiger partial charge < -0.3 is 49.5 Å². The summed E-state index contributed by atoms with van der Waals surface area (Å²) >= 11 is 0. The van der Waals surface area contributed by atoms with Gasteiger partial charge in [0.2, 0.25) is 0 Å². The summed E-state index contributed by atoms with van der Waals surface area (Å²) in [6, 6.07) is 17.6. The summed E-state index contributed by atoms with van der Waals surface area (Å²) in [4.78, 5) is 50.0. The number of hydrogen-bond acceptors (Lipinski definition) is 6. The fraction of sp³-hybridized carbons (Fsp3) is 0.231. The molecule has 2 aromatic heterocycles. The Morgan fingerprint density at radius 3 is 1.15 bits per heavy atom. The van der Waals surface area contributed by atoms with Crippen LogP contribution in [-0.4, -0.2) is 48.9 Å². The average Bonchev–Trinajstić information content (AvgIpc) is 2.85. The van der Waals surface area contributed by atoms with Crippen LogP contribution >= 0.6 is 15.2 Å². The van der Waals surface area contributed by atoms with Gasteiger partial charge in [0, 0.05) is 76.2 Å². The third-order valence-corrected chi connectivity index (χ3v) is 6.76. The highest BCUT2D eigenvalue weighted by atomic mass is 31.2. The molecule has 0 aliphatic heterocycles. The van der Waals surface area contributed by atoms with Gasteiger partial charge in [-0.15, -0.1) is 0 Å². The van der Waals surface area contributed by atoms with Gasteiger partial charge in [0.1, 0.15) is 15.2 Å². The minimum absolute atomic E-state index is 0. The van der Waals surface area contributed by atoms with Crippen LogP contribution in [-0.2, 0) is 21.5 Å². The van der Waals surface area contributed by atoms with Crippen molar-refractivity contribution in [1.82, 2.24) is 0 Å². The van der Waals surface area contributed by atoms with E-state index in [9.17, 15) is 18.9 Å². The number of hydrogen-bond donors (Lipinski definition) is 2. The Labute approximate surface area is 233 Å². The molecule has 2 aromatic carbocycles. The number of nitrogens with zero attached hydrogens (tertiary/aromatic N) is 2. The number of H-pyrrole nitrogens is 2.